The summed E-state index contributed by atoms with van der Waals surface area (Å²) in [4.78, 5) is 2.57. The van der Waals surface area contributed by atoms with Crippen LogP contribution in [0.2, 0.25) is 0 Å². The molecule has 108 valence electrons. The third kappa shape index (κ3) is 6.41. The molecule has 1 aliphatic heterocycles. The zero-order chi connectivity index (χ0) is 13.2. The fourth-order valence-corrected chi connectivity index (χ4v) is 3.20. The maximum atomic E-state index is 5.59. The van der Waals surface area contributed by atoms with E-state index in [0.717, 1.165) is 31.4 Å². The molecule has 0 spiro atoms. The molecule has 0 amide bonds. The maximum absolute atomic E-state index is 5.59. The minimum Gasteiger partial charge on any atom is -0.353 e. The van der Waals surface area contributed by atoms with E-state index in [1.807, 2.05) is 25.6 Å². The molecule has 4 heteroatoms. The first-order valence-electron chi connectivity index (χ1n) is 7.28. The lowest BCUT2D eigenvalue weighted by Crippen LogP contribution is -2.30. The van der Waals surface area contributed by atoms with Gasteiger partial charge >= 0.3 is 0 Å². The number of likely N-dealkylation sites (tertiary alicyclic amines) is 1. The predicted octanol–water partition coefficient (Wildman–Crippen LogP) is 2.99. The van der Waals surface area contributed by atoms with Gasteiger partial charge in [0.15, 0.2) is 6.29 Å². The normalized spacial score (nSPS) is 22.3. The highest BCUT2D eigenvalue weighted by atomic mass is 32.2. The van der Waals surface area contributed by atoms with Gasteiger partial charge in [0.25, 0.3) is 0 Å². The predicted molar refractivity (Wildman–Crippen MR) is 79.3 cm³/mol. The van der Waals surface area contributed by atoms with Gasteiger partial charge in [0, 0.05) is 31.4 Å². The van der Waals surface area contributed by atoms with Crippen molar-refractivity contribution in [3.63, 3.8) is 0 Å². The van der Waals surface area contributed by atoms with Crippen LogP contribution in [-0.2, 0) is 9.47 Å². The maximum Gasteiger partial charge on any atom is 0.158 e. The molecule has 1 unspecified atom stereocenters. The molecule has 1 saturated heterocycles. The van der Waals surface area contributed by atoms with Gasteiger partial charge in [-0.2, -0.15) is 11.8 Å². The van der Waals surface area contributed by atoms with E-state index in [-0.39, 0.29) is 6.29 Å². The van der Waals surface area contributed by atoms with Crippen molar-refractivity contribution in [1.82, 2.24) is 4.90 Å². The summed E-state index contributed by atoms with van der Waals surface area (Å²) in [5, 5.41) is 0.865. The van der Waals surface area contributed by atoms with Crippen LogP contribution in [0.1, 0.15) is 39.5 Å². The van der Waals surface area contributed by atoms with Gasteiger partial charge in [-0.25, -0.2) is 0 Å². The second-order valence-corrected chi connectivity index (χ2v) is 5.90. The fraction of sp³-hybridized carbons (Fsp3) is 1.00. The molecule has 3 nitrogen and oxygen atoms in total. The summed E-state index contributed by atoms with van der Waals surface area (Å²) in [6.07, 6.45) is 7.25. The van der Waals surface area contributed by atoms with Crippen LogP contribution in [0.3, 0.4) is 0 Å². The second-order valence-electron chi connectivity index (χ2n) is 4.76. The van der Waals surface area contributed by atoms with Crippen molar-refractivity contribution in [2.45, 2.75) is 51.1 Å². The third-order valence-electron chi connectivity index (χ3n) is 3.49. The van der Waals surface area contributed by atoms with Gasteiger partial charge < -0.3 is 14.4 Å². The van der Waals surface area contributed by atoms with E-state index in [4.69, 9.17) is 9.47 Å². The van der Waals surface area contributed by atoms with Crippen molar-refractivity contribution in [2.24, 2.45) is 0 Å². The number of nitrogens with zero attached hydrogens (tertiary/aromatic N) is 1. The first-order valence-corrected chi connectivity index (χ1v) is 8.57. The summed E-state index contributed by atoms with van der Waals surface area (Å²) < 4.78 is 11.2. The minimum atomic E-state index is -0.0143. The number of hydrogen-bond donors (Lipinski definition) is 0. The summed E-state index contributed by atoms with van der Waals surface area (Å²) in [6.45, 7) is 9.10. The summed E-state index contributed by atoms with van der Waals surface area (Å²) in [6, 6.07) is 0. The molecule has 1 aliphatic rings. The lowest BCUT2D eigenvalue weighted by molar-refractivity contribution is -0.141. The van der Waals surface area contributed by atoms with Gasteiger partial charge in [-0.1, -0.05) is 0 Å². The Balaban J connectivity index is 2.24. The zero-order valence-corrected chi connectivity index (χ0v) is 13.0. The largest absolute Gasteiger partial charge is 0.353 e. The molecule has 1 fully saturated rings. The van der Waals surface area contributed by atoms with Crippen molar-refractivity contribution in [1.29, 1.82) is 0 Å². The lowest BCUT2D eigenvalue weighted by atomic mass is 10.2. The van der Waals surface area contributed by atoms with Crippen LogP contribution < -0.4 is 0 Å². The van der Waals surface area contributed by atoms with E-state index in [1.165, 1.54) is 32.4 Å². The summed E-state index contributed by atoms with van der Waals surface area (Å²) >= 11 is 2.03. The second kappa shape index (κ2) is 10.1. The Morgan fingerprint density at radius 1 is 1.17 bits per heavy atom. The Hall–Kier alpha value is 0.230. The number of ether oxygens (including phenoxy) is 2. The van der Waals surface area contributed by atoms with Crippen LogP contribution in [0.25, 0.3) is 0 Å². The molecule has 0 aliphatic carbocycles. The van der Waals surface area contributed by atoms with Crippen LogP contribution in [0.15, 0.2) is 0 Å². The molecule has 1 heterocycles. The van der Waals surface area contributed by atoms with E-state index in [2.05, 4.69) is 11.2 Å². The Morgan fingerprint density at radius 3 is 2.50 bits per heavy atom. The Kier molecular flexibility index (Phi) is 9.11. The van der Waals surface area contributed by atoms with Crippen LogP contribution in [0.5, 0.6) is 0 Å². The highest BCUT2D eigenvalue weighted by Crippen LogP contribution is 2.21. The van der Waals surface area contributed by atoms with Gasteiger partial charge in [0.05, 0.1) is 0 Å². The zero-order valence-electron chi connectivity index (χ0n) is 12.2. The molecule has 18 heavy (non-hydrogen) atoms. The molecule has 1 rings (SSSR count). The van der Waals surface area contributed by atoms with E-state index < -0.39 is 0 Å². The molecule has 0 N–H and O–H groups in total. The highest BCUT2D eigenvalue weighted by molar-refractivity contribution is 7.99. The van der Waals surface area contributed by atoms with Crippen LogP contribution >= 0.6 is 11.8 Å². The van der Waals surface area contributed by atoms with Crippen LogP contribution in [0.4, 0.5) is 0 Å². The highest BCUT2D eigenvalue weighted by Gasteiger charge is 2.17. The molecule has 0 aromatic heterocycles. The van der Waals surface area contributed by atoms with Gasteiger partial charge in [-0.3, -0.25) is 0 Å². The van der Waals surface area contributed by atoms with E-state index in [9.17, 15) is 0 Å². The quantitative estimate of drug-likeness (QED) is 0.635. The molecule has 1 atom stereocenters. The van der Waals surface area contributed by atoms with Gasteiger partial charge in [0.1, 0.15) is 0 Å². The fourth-order valence-electron chi connectivity index (χ4n) is 2.46. The van der Waals surface area contributed by atoms with Crippen LogP contribution in [0, 0.1) is 0 Å². The molecule has 0 aromatic rings. The minimum absolute atomic E-state index is 0.0143. The van der Waals surface area contributed by atoms with Gasteiger partial charge in [-0.15, -0.1) is 0 Å². The van der Waals surface area contributed by atoms with Crippen molar-refractivity contribution in [2.75, 3.05) is 39.1 Å². The van der Waals surface area contributed by atoms with E-state index >= 15 is 0 Å². The van der Waals surface area contributed by atoms with Crippen LogP contribution in [-0.4, -0.2) is 55.5 Å². The molecule has 0 aromatic carbocycles. The first kappa shape index (κ1) is 16.3. The SMILES string of the molecule is CCOC(CCN1CCCC(SC)CC1)OCC. The van der Waals surface area contributed by atoms with Gasteiger partial charge in [-0.05, 0) is 52.5 Å². The average Bonchev–Trinajstić information content (AvgIpc) is 2.61. The summed E-state index contributed by atoms with van der Waals surface area (Å²) in [7, 11) is 0. The van der Waals surface area contributed by atoms with Gasteiger partial charge in [0.2, 0.25) is 0 Å². The molecular weight excluding hydrogens is 246 g/mol. The van der Waals surface area contributed by atoms with Crippen molar-refractivity contribution in [3.05, 3.63) is 0 Å². The molecule has 0 bridgehead atoms. The Labute approximate surface area is 117 Å². The topological polar surface area (TPSA) is 21.7 Å². The van der Waals surface area contributed by atoms with Crippen molar-refractivity contribution < 1.29 is 9.47 Å². The monoisotopic (exact) mass is 275 g/mol. The van der Waals surface area contributed by atoms with E-state index in [1.54, 1.807) is 0 Å². The number of hydrogen-bond acceptors (Lipinski definition) is 4. The molecule has 0 saturated carbocycles. The van der Waals surface area contributed by atoms with E-state index in [0.29, 0.717) is 0 Å². The summed E-state index contributed by atoms with van der Waals surface area (Å²) in [5.41, 5.74) is 0. The van der Waals surface area contributed by atoms with Crippen molar-refractivity contribution in [3.8, 4) is 0 Å². The standard InChI is InChI=1S/C14H29NO2S/c1-4-16-14(17-5-2)9-12-15-10-6-7-13(18-3)8-11-15/h13-14H,4-12H2,1-3H3. The molecule has 0 radical (unpaired) electrons. The third-order valence-corrected chi connectivity index (χ3v) is 4.63. The first-order chi connectivity index (χ1) is 8.80. The Bertz CT molecular complexity index is 198. The lowest BCUT2D eigenvalue weighted by Gasteiger charge is -2.23. The molecular formula is C14H29NO2S. The van der Waals surface area contributed by atoms with Crippen molar-refractivity contribution >= 4 is 11.8 Å². The smallest absolute Gasteiger partial charge is 0.158 e. The average molecular weight is 275 g/mol. The number of thioether (sulfide) groups is 1. The number of rotatable bonds is 8. The Morgan fingerprint density at radius 2 is 1.89 bits per heavy atom. The summed E-state index contributed by atoms with van der Waals surface area (Å²) in [5.74, 6) is 0.